The van der Waals surface area contributed by atoms with Crippen molar-refractivity contribution in [2.24, 2.45) is 5.92 Å². The first kappa shape index (κ1) is 13.6. The lowest BCUT2D eigenvalue weighted by atomic mass is 9.94. The van der Waals surface area contributed by atoms with Crippen molar-refractivity contribution in [2.75, 3.05) is 6.54 Å². The third kappa shape index (κ3) is 3.12. The van der Waals surface area contributed by atoms with Crippen molar-refractivity contribution in [1.82, 2.24) is 5.32 Å². The number of nitrogens with one attached hydrogen (secondary N) is 1. The van der Waals surface area contributed by atoms with Gasteiger partial charge in [0, 0.05) is 10.5 Å². The summed E-state index contributed by atoms with van der Waals surface area (Å²) in [6.45, 7) is 4.62. The maximum Gasteiger partial charge on any atom is 0.311 e. The van der Waals surface area contributed by atoms with Crippen LogP contribution >= 0.6 is 15.9 Å². The molecule has 0 aromatic heterocycles. The van der Waals surface area contributed by atoms with Gasteiger partial charge in [-0.05, 0) is 44.5 Å². The quantitative estimate of drug-likeness (QED) is 0.872. The molecule has 0 amide bonds. The zero-order valence-electron chi connectivity index (χ0n) is 10.7. The molecule has 0 radical (unpaired) electrons. The molecule has 1 aromatic rings. The Bertz CT molecular complexity index is 434. The third-order valence-electron chi connectivity index (χ3n) is 3.08. The van der Waals surface area contributed by atoms with Crippen LogP contribution in [0.5, 0.6) is 0 Å². The normalized spacial score (nSPS) is 23.3. The van der Waals surface area contributed by atoms with Gasteiger partial charge in [0.1, 0.15) is 0 Å². The molecule has 2 rings (SSSR count). The van der Waals surface area contributed by atoms with Gasteiger partial charge < -0.3 is 10.1 Å². The lowest BCUT2D eigenvalue weighted by molar-refractivity contribution is -0.152. The second-order valence-corrected chi connectivity index (χ2v) is 5.78. The maximum atomic E-state index is 12.1. The topological polar surface area (TPSA) is 38.3 Å². The van der Waals surface area contributed by atoms with Gasteiger partial charge in [0.05, 0.1) is 12.0 Å². The van der Waals surface area contributed by atoms with Gasteiger partial charge in [-0.15, -0.1) is 0 Å². The summed E-state index contributed by atoms with van der Waals surface area (Å²) in [5.41, 5.74) is 1.13. The lowest BCUT2D eigenvalue weighted by Crippen LogP contribution is -2.27. The highest BCUT2D eigenvalue weighted by molar-refractivity contribution is 9.10. The fraction of sp³-hybridized carbons (Fsp3) is 0.500. The predicted molar refractivity (Wildman–Crippen MR) is 74.2 cm³/mol. The Labute approximate surface area is 116 Å². The molecule has 1 N–H and O–H groups in total. The van der Waals surface area contributed by atoms with Crippen LogP contribution in [-0.2, 0) is 9.53 Å². The van der Waals surface area contributed by atoms with E-state index in [1.807, 2.05) is 32.0 Å². The van der Waals surface area contributed by atoms with Gasteiger partial charge in [0.15, 0.2) is 0 Å². The maximum absolute atomic E-state index is 12.1. The van der Waals surface area contributed by atoms with Crippen LogP contribution in [0, 0.1) is 5.92 Å². The molecule has 1 fully saturated rings. The van der Waals surface area contributed by atoms with Gasteiger partial charge in [-0.1, -0.05) is 28.1 Å². The highest BCUT2D eigenvalue weighted by Gasteiger charge is 2.35. The Hall–Kier alpha value is -0.870. The zero-order chi connectivity index (χ0) is 13.1. The van der Waals surface area contributed by atoms with Gasteiger partial charge in [-0.25, -0.2) is 0 Å². The van der Waals surface area contributed by atoms with E-state index in [0.717, 1.165) is 23.0 Å². The monoisotopic (exact) mass is 311 g/mol. The van der Waals surface area contributed by atoms with E-state index in [1.165, 1.54) is 0 Å². The molecule has 1 aromatic carbocycles. The van der Waals surface area contributed by atoms with E-state index in [1.54, 1.807) is 0 Å². The molecule has 0 saturated carbocycles. The van der Waals surface area contributed by atoms with Crippen molar-refractivity contribution in [3.63, 3.8) is 0 Å². The van der Waals surface area contributed by atoms with Crippen LogP contribution in [0.25, 0.3) is 0 Å². The molecule has 98 valence electrons. The van der Waals surface area contributed by atoms with Crippen LogP contribution in [0.15, 0.2) is 28.7 Å². The second kappa shape index (κ2) is 5.85. The number of esters is 1. The molecule has 0 unspecified atom stereocenters. The summed E-state index contributed by atoms with van der Waals surface area (Å²) in [7, 11) is 0. The van der Waals surface area contributed by atoms with Crippen LogP contribution < -0.4 is 5.32 Å². The highest BCUT2D eigenvalue weighted by Crippen LogP contribution is 2.32. The van der Waals surface area contributed by atoms with E-state index in [0.29, 0.717) is 0 Å². The molecule has 1 saturated heterocycles. The number of ether oxygens (including phenoxy) is 1. The van der Waals surface area contributed by atoms with Crippen molar-refractivity contribution >= 4 is 21.9 Å². The van der Waals surface area contributed by atoms with Crippen molar-refractivity contribution in [2.45, 2.75) is 32.4 Å². The number of hydrogen-bond donors (Lipinski definition) is 1. The van der Waals surface area contributed by atoms with Gasteiger partial charge in [0.2, 0.25) is 0 Å². The smallest absolute Gasteiger partial charge is 0.311 e. The molecule has 0 bridgehead atoms. The molecule has 2 atom stereocenters. The average Bonchev–Trinajstić information content (AvgIpc) is 2.76. The number of benzene rings is 1. The summed E-state index contributed by atoms with van der Waals surface area (Å²) < 4.78 is 6.36. The lowest BCUT2D eigenvalue weighted by Gasteiger charge is -2.20. The van der Waals surface area contributed by atoms with Crippen LogP contribution in [0.1, 0.15) is 31.9 Å². The van der Waals surface area contributed by atoms with Gasteiger partial charge >= 0.3 is 5.97 Å². The van der Waals surface area contributed by atoms with Crippen LogP contribution in [0.3, 0.4) is 0 Å². The Morgan fingerprint density at radius 2 is 2.28 bits per heavy atom. The number of hydrogen-bond acceptors (Lipinski definition) is 3. The molecule has 18 heavy (non-hydrogen) atoms. The Balaban J connectivity index is 2.14. The highest BCUT2D eigenvalue weighted by atomic mass is 79.9. The van der Waals surface area contributed by atoms with Crippen molar-refractivity contribution < 1.29 is 9.53 Å². The molecular formula is C14H18BrNO2. The summed E-state index contributed by atoms with van der Waals surface area (Å²) in [4.78, 5) is 12.1. The number of halogens is 1. The fourth-order valence-corrected chi connectivity index (χ4v) is 2.74. The second-order valence-electron chi connectivity index (χ2n) is 4.87. The molecule has 3 nitrogen and oxygen atoms in total. The van der Waals surface area contributed by atoms with Gasteiger partial charge in [-0.3, -0.25) is 4.79 Å². The number of carbonyl (C=O) groups is 1. The van der Waals surface area contributed by atoms with Crippen molar-refractivity contribution in [3.8, 4) is 0 Å². The molecule has 0 aliphatic carbocycles. The van der Waals surface area contributed by atoms with E-state index in [-0.39, 0.29) is 24.0 Å². The number of carbonyl (C=O) groups excluding carboxylic acids is 1. The minimum Gasteiger partial charge on any atom is -0.463 e. The fourth-order valence-electron chi connectivity index (χ4n) is 2.33. The van der Waals surface area contributed by atoms with Crippen molar-refractivity contribution in [3.05, 3.63) is 34.3 Å². The van der Waals surface area contributed by atoms with Crippen LogP contribution in [-0.4, -0.2) is 18.6 Å². The summed E-state index contributed by atoms with van der Waals surface area (Å²) in [6.07, 6.45) is 0.782. The first-order chi connectivity index (χ1) is 8.58. The molecule has 1 heterocycles. The van der Waals surface area contributed by atoms with Gasteiger partial charge in [-0.2, -0.15) is 0 Å². The Kier molecular flexibility index (Phi) is 4.40. The van der Waals surface area contributed by atoms with Gasteiger partial charge in [0.25, 0.3) is 0 Å². The molecule has 4 heteroatoms. The first-order valence-electron chi connectivity index (χ1n) is 6.27. The standard InChI is InChI=1S/C14H18BrNO2/c1-9(2)18-14(17)12-6-7-16-13(12)10-4-3-5-11(15)8-10/h3-5,8-9,12-13,16H,6-7H2,1-2H3/t12-,13-/m1/s1. The average molecular weight is 312 g/mol. The largest absolute Gasteiger partial charge is 0.463 e. The molecule has 0 spiro atoms. The van der Waals surface area contributed by atoms with Crippen LogP contribution in [0.2, 0.25) is 0 Å². The summed E-state index contributed by atoms with van der Waals surface area (Å²) in [6, 6.07) is 8.14. The summed E-state index contributed by atoms with van der Waals surface area (Å²) in [5.74, 6) is -0.179. The summed E-state index contributed by atoms with van der Waals surface area (Å²) >= 11 is 3.46. The third-order valence-corrected chi connectivity index (χ3v) is 3.58. The minimum absolute atomic E-state index is 0.0544. The molecular weight excluding hydrogens is 294 g/mol. The Morgan fingerprint density at radius 1 is 1.50 bits per heavy atom. The van der Waals surface area contributed by atoms with E-state index in [2.05, 4.69) is 27.3 Å². The summed E-state index contributed by atoms with van der Waals surface area (Å²) in [5, 5.41) is 3.38. The zero-order valence-corrected chi connectivity index (χ0v) is 12.2. The van der Waals surface area contributed by atoms with E-state index >= 15 is 0 Å². The minimum atomic E-state index is -0.0972. The van der Waals surface area contributed by atoms with E-state index < -0.39 is 0 Å². The van der Waals surface area contributed by atoms with E-state index in [9.17, 15) is 4.79 Å². The Morgan fingerprint density at radius 3 is 2.94 bits per heavy atom. The van der Waals surface area contributed by atoms with Crippen LogP contribution in [0.4, 0.5) is 0 Å². The SMILES string of the molecule is CC(C)OC(=O)[C@@H]1CCN[C@@H]1c1cccc(Br)c1. The van der Waals surface area contributed by atoms with Crippen molar-refractivity contribution in [1.29, 1.82) is 0 Å². The number of rotatable bonds is 3. The first-order valence-corrected chi connectivity index (χ1v) is 7.06. The predicted octanol–water partition coefficient (Wildman–Crippen LogP) is 3.05. The molecule has 1 aliphatic rings. The van der Waals surface area contributed by atoms with E-state index in [4.69, 9.17) is 4.74 Å². The molecule has 1 aliphatic heterocycles.